The number of benzene rings is 4. The number of carbonyl (C=O) groups is 2. The third kappa shape index (κ3) is 11.2. The molecule has 15 heteroatoms. The Bertz CT molecular complexity index is 2220. The molecule has 5 aromatic rings. The summed E-state index contributed by atoms with van der Waals surface area (Å²) >= 11 is 3.13. The van der Waals surface area contributed by atoms with Gasteiger partial charge in [-0.2, -0.15) is 4.98 Å². The lowest BCUT2D eigenvalue weighted by Gasteiger charge is -2.37. The summed E-state index contributed by atoms with van der Waals surface area (Å²) in [5, 5.41) is 2.95. The Labute approximate surface area is 372 Å². The first-order valence-electron chi connectivity index (χ1n) is 20.9. The van der Waals surface area contributed by atoms with Crippen LogP contribution in [0.2, 0.25) is 0 Å². The molecule has 2 saturated heterocycles. The summed E-state index contributed by atoms with van der Waals surface area (Å²) in [6.07, 6.45) is 3.71. The maximum atomic E-state index is 13.7. The highest BCUT2D eigenvalue weighted by atomic mass is 32.7. The number of nitrogens with zero attached hydrogens (tertiary/aromatic N) is 3. The Morgan fingerprint density at radius 1 is 0.839 bits per heavy atom. The zero-order valence-electron chi connectivity index (χ0n) is 35.2. The number of nitrogens with one attached hydrogen (secondary N) is 1. The van der Waals surface area contributed by atoms with Gasteiger partial charge in [0.25, 0.3) is 5.91 Å². The molecule has 2 aliphatic heterocycles. The summed E-state index contributed by atoms with van der Waals surface area (Å²) in [6, 6.07) is 36.2. The van der Waals surface area contributed by atoms with Gasteiger partial charge in [0.15, 0.2) is 12.6 Å². The lowest BCUT2D eigenvalue weighted by atomic mass is 9.80. The van der Waals surface area contributed by atoms with Crippen LogP contribution in [0.3, 0.4) is 0 Å². The van der Waals surface area contributed by atoms with Crippen LogP contribution in [0, 0.1) is 0 Å². The maximum absolute atomic E-state index is 13.7. The lowest BCUT2D eigenvalue weighted by molar-refractivity contribution is -0.111. The van der Waals surface area contributed by atoms with Gasteiger partial charge in [-0.15, -0.1) is 0 Å². The number of methoxy groups -OCH3 is 2. The van der Waals surface area contributed by atoms with Crippen molar-refractivity contribution in [3.8, 4) is 11.5 Å². The second-order valence-electron chi connectivity index (χ2n) is 14.8. The predicted octanol–water partition coefficient (Wildman–Crippen LogP) is 9.31. The lowest BCUT2D eigenvalue weighted by Crippen LogP contribution is -2.38. The van der Waals surface area contributed by atoms with Gasteiger partial charge in [0, 0.05) is 49.2 Å². The van der Waals surface area contributed by atoms with Crippen LogP contribution in [0.15, 0.2) is 126 Å². The average Bonchev–Trinajstić information content (AvgIpc) is 4.00. The van der Waals surface area contributed by atoms with Crippen molar-refractivity contribution in [2.24, 2.45) is 0 Å². The third-order valence-corrected chi connectivity index (χ3v) is 16.1. The number of hydrogen-bond acceptors (Lipinski definition) is 12. The minimum atomic E-state index is -1.14. The second-order valence-corrected chi connectivity index (χ2v) is 19.6. The normalized spacial score (nSPS) is 18.3. The number of amides is 1. The molecule has 0 saturated carbocycles. The Balaban J connectivity index is 1.21. The minimum absolute atomic E-state index is 0.0940. The molecule has 0 radical (unpaired) electrons. The maximum Gasteiger partial charge on any atom is 0.351 e. The van der Waals surface area contributed by atoms with Crippen molar-refractivity contribution in [2.75, 3.05) is 50.7 Å². The van der Waals surface area contributed by atoms with Crippen LogP contribution in [0.4, 0.5) is 5.82 Å². The van der Waals surface area contributed by atoms with E-state index in [1.54, 1.807) is 62.1 Å². The van der Waals surface area contributed by atoms with Crippen LogP contribution < -0.4 is 20.5 Å². The zero-order chi connectivity index (χ0) is 43.3. The first kappa shape index (κ1) is 45.5. The van der Waals surface area contributed by atoms with Gasteiger partial charge in [-0.05, 0) is 78.4 Å². The average molecular weight is 897 g/mol. The fourth-order valence-electron chi connectivity index (χ4n) is 7.60. The summed E-state index contributed by atoms with van der Waals surface area (Å²) in [5.74, 6) is 2.66. The van der Waals surface area contributed by atoms with Crippen LogP contribution in [-0.4, -0.2) is 82.9 Å². The van der Waals surface area contributed by atoms with Gasteiger partial charge in [0.1, 0.15) is 35.2 Å². The summed E-state index contributed by atoms with van der Waals surface area (Å²) in [5.41, 5.74) is 1.43. The monoisotopic (exact) mass is 896 g/mol. The third-order valence-electron chi connectivity index (χ3n) is 10.8. The molecule has 0 spiro atoms. The first-order chi connectivity index (χ1) is 30.3. The van der Waals surface area contributed by atoms with Gasteiger partial charge in [-0.1, -0.05) is 103 Å². The van der Waals surface area contributed by atoms with Crippen molar-refractivity contribution in [1.82, 2.24) is 14.2 Å². The Morgan fingerprint density at radius 3 is 2.05 bits per heavy atom. The molecule has 3 heterocycles. The van der Waals surface area contributed by atoms with Crippen LogP contribution in [0.1, 0.15) is 72.3 Å². The SMILES string of the molecule is CCCC(=O)SCCSP(O[C@H]1C[C@H](n2ccc(NC(=O)c3ccccc3)nc2=O)O[C@@H]1COC(c1ccccc1)(c1ccc(OC)cc1)c1ccc(OC)cc1)N1CCCC1. The Kier molecular flexibility index (Phi) is 16.3. The smallest absolute Gasteiger partial charge is 0.351 e. The standard InChI is InChI=1S/C47H53N4O8PS2/c1-4-13-44(52)61-30-31-62-60(50-27-11-12-28-50)59-40-32-43(51-29-26-42(49-46(51)54)48-45(53)34-14-7-5-8-15-34)58-41(40)33-57-47(35-16-9-6-10-17-35,36-18-22-38(55-2)23-19-36)37-20-24-39(56-3)25-21-37/h5-10,14-26,29,40-41,43H,4,11-13,27-28,30-33H2,1-3H3,(H,48,49,53,54)/t40-,41+,43+,60?/m0/s1. The van der Waals surface area contributed by atoms with E-state index in [0.29, 0.717) is 35.7 Å². The number of thioether (sulfide) groups is 1. The molecule has 1 N–H and O–H groups in total. The number of ether oxygens (including phenoxy) is 4. The summed E-state index contributed by atoms with van der Waals surface area (Å²) < 4.78 is 36.3. The molecule has 62 heavy (non-hydrogen) atoms. The van der Waals surface area contributed by atoms with Gasteiger partial charge in [-0.25, -0.2) is 4.79 Å². The molecule has 2 aliphatic rings. The molecule has 1 aromatic heterocycles. The molecule has 4 aromatic carbocycles. The van der Waals surface area contributed by atoms with Crippen LogP contribution >= 0.6 is 30.6 Å². The summed E-state index contributed by atoms with van der Waals surface area (Å²) in [6.45, 7) is 3.95. The number of carbonyl (C=O) groups excluding carboxylic acids is 2. The van der Waals surface area contributed by atoms with Gasteiger partial charge in [0.05, 0.1) is 26.9 Å². The highest BCUT2D eigenvalue weighted by molar-refractivity contribution is 8.53. The van der Waals surface area contributed by atoms with Crippen molar-refractivity contribution in [1.29, 1.82) is 0 Å². The molecule has 1 unspecified atom stereocenters. The van der Waals surface area contributed by atoms with Crippen molar-refractivity contribution in [3.63, 3.8) is 0 Å². The summed E-state index contributed by atoms with van der Waals surface area (Å²) in [7, 11) is 2.14. The molecule has 0 aliphatic carbocycles. The summed E-state index contributed by atoms with van der Waals surface area (Å²) in [4.78, 5) is 43.2. The molecule has 326 valence electrons. The predicted molar refractivity (Wildman–Crippen MR) is 247 cm³/mol. The van der Waals surface area contributed by atoms with E-state index in [9.17, 15) is 14.4 Å². The van der Waals surface area contributed by atoms with E-state index in [-0.39, 0.29) is 23.4 Å². The molecule has 1 amide bonds. The number of anilines is 1. The number of hydrogen-bond donors (Lipinski definition) is 1. The molecule has 7 rings (SSSR count). The Hall–Kier alpha value is -4.53. The molecular weight excluding hydrogens is 844 g/mol. The topological polar surface area (TPSA) is 130 Å². The Morgan fingerprint density at radius 2 is 1.45 bits per heavy atom. The van der Waals surface area contributed by atoms with E-state index >= 15 is 0 Å². The first-order valence-corrected chi connectivity index (χ1v) is 24.7. The van der Waals surface area contributed by atoms with Crippen molar-refractivity contribution < 1.29 is 33.1 Å². The minimum Gasteiger partial charge on any atom is -0.497 e. The molecule has 4 atom stereocenters. The van der Waals surface area contributed by atoms with E-state index < -0.39 is 37.2 Å². The van der Waals surface area contributed by atoms with E-state index in [2.05, 4.69) is 27.1 Å². The fourth-order valence-corrected chi connectivity index (χ4v) is 13.0. The van der Waals surface area contributed by atoms with Crippen LogP contribution in [-0.2, 0) is 24.4 Å². The molecule has 12 nitrogen and oxygen atoms in total. The van der Waals surface area contributed by atoms with E-state index in [0.717, 1.165) is 54.8 Å². The molecular formula is C47H53N4O8PS2. The van der Waals surface area contributed by atoms with Crippen LogP contribution in [0.5, 0.6) is 11.5 Å². The van der Waals surface area contributed by atoms with E-state index in [4.69, 9.17) is 23.5 Å². The van der Waals surface area contributed by atoms with E-state index in [1.807, 2.05) is 79.7 Å². The zero-order valence-corrected chi connectivity index (χ0v) is 37.7. The highest BCUT2D eigenvalue weighted by Crippen LogP contribution is 2.58. The van der Waals surface area contributed by atoms with Crippen molar-refractivity contribution in [2.45, 2.75) is 63.1 Å². The highest BCUT2D eigenvalue weighted by Gasteiger charge is 2.44. The van der Waals surface area contributed by atoms with Gasteiger partial charge >= 0.3 is 5.69 Å². The number of aromatic nitrogens is 2. The fraction of sp³-hybridized carbons (Fsp3) is 0.362. The second kappa shape index (κ2) is 22.2. The van der Waals surface area contributed by atoms with Crippen molar-refractivity contribution in [3.05, 3.63) is 154 Å². The molecule has 0 bridgehead atoms. The van der Waals surface area contributed by atoms with Crippen molar-refractivity contribution >= 4 is 47.5 Å². The van der Waals surface area contributed by atoms with E-state index in [1.165, 1.54) is 16.3 Å². The number of rotatable bonds is 20. The quantitative estimate of drug-likeness (QED) is 0.0454. The van der Waals surface area contributed by atoms with Gasteiger partial charge in [-0.3, -0.25) is 18.8 Å². The van der Waals surface area contributed by atoms with Gasteiger partial charge < -0.3 is 28.8 Å². The van der Waals surface area contributed by atoms with Crippen LogP contribution in [0.25, 0.3) is 0 Å². The largest absolute Gasteiger partial charge is 0.497 e. The van der Waals surface area contributed by atoms with Gasteiger partial charge in [0.2, 0.25) is 0 Å². The molecule has 2 fully saturated rings.